The van der Waals surface area contributed by atoms with Crippen LogP contribution >= 0.6 is 11.6 Å². The van der Waals surface area contributed by atoms with E-state index in [0.717, 1.165) is 22.6 Å². The van der Waals surface area contributed by atoms with Gasteiger partial charge < -0.3 is 19.2 Å². The molecule has 0 saturated carbocycles. The molecule has 2 aromatic rings. The topological polar surface area (TPSA) is 60.4 Å². The lowest BCUT2D eigenvalue weighted by Gasteiger charge is -2.25. The minimum atomic E-state index is -0.211. The van der Waals surface area contributed by atoms with E-state index >= 15 is 0 Å². The van der Waals surface area contributed by atoms with Gasteiger partial charge >= 0.3 is 0 Å². The first-order valence-corrected chi connectivity index (χ1v) is 9.35. The van der Waals surface area contributed by atoms with Crippen molar-refractivity contribution in [2.45, 2.75) is 19.1 Å². The third-order valence-electron chi connectivity index (χ3n) is 4.46. The van der Waals surface area contributed by atoms with E-state index in [4.69, 9.17) is 25.9 Å². The van der Waals surface area contributed by atoms with E-state index in [2.05, 4.69) is 5.16 Å². The van der Waals surface area contributed by atoms with Crippen molar-refractivity contribution in [3.63, 3.8) is 0 Å². The lowest BCUT2D eigenvalue weighted by molar-refractivity contribution is -0.137. The van der Waals surface area contributed by atoms with Crippen molar-refractivity contribution in [3.8, 4) is 5.75 Å². The molecule has 1 atom stereocenters. The number of carbonyl (C=O) groups is 1. The van der Waals surface area contributed by atoms with Crippen LogP contribution < -0.4 is 4.74 Å². The maximum absolute atomic E-state index is 12.5. The molecule has 0 N–H and O–H groups in total. The SMILES string of the molecule is COCC(=O)N(Cc1cccc(Cl)c1)C[C@@H]1CC(c2ccc(OC)cc2)=NO1. The van der Waals surface area contributed by atoms with Gasteiger partial charge in [0, 0.05) is 25.1 Å². The highest BCUT2D eigenvalue weighted by Crippen LogP contribution is 2.21. The largest absolute Gasteiger partial charge is 0.497 e. The first-order chi connectivity index (χ1) is 13.6. The molecule has 1 aliphatic rings. The summed E-state index contributed by atoms with van der Waals surface area (Å²) in [5.74, 6) is 0.682. The van der Waals surface area contributed by atoms with Crippen LogP contribution in [-0.4, -0.2) is 50.0 Å². The van der Waals surface area contributed by atoms with Crippen LogP contribution in [0.5, 0.6) is 5.75 Å². The van der Waals surface area contributed by atoms with Gasteiger partial charge in [-0.1, -0.05) is 28.9 Å². The molecule has 0 fully saturated rings. The van der Waals surface area contributed by atoms with Crippen LogP contribution in [0.15, 0.2) is 53.7 Å². The highest BCUT2D eigenvalue weighted by Gasteiger charge is 2.27. The van der Waals surface area contributed by atoms with Crippen molar-refractivity contribution < 1.29 is 19.1 Å². The molecule has 148 valence electrons. The molecular formula is C21H23ClN2O4. The maximum Gasteiger partial charge on any atom is 0.248 e. The van der Waals surface area contributed by atoms with E-state index in [-0.39, 0.29) is 18.6 Å². The number of methoxy groups -OCH3 is 2. The first kappa shape index (κ1) is 20.2. The quantitative estimate of drug-likeness (QED) is 0.677. The fraction of sp³-hybridized carbons (Fsp3) is 0.333. The van der Waals surface area contributed by atoms with Gasteiger partial charge in [0.25, 0.3) is 0 Å². The van der Waals surface area contributed by atoms with E-state index < -0.39 is 0 Å². The van der Waals surface area contributed by atoms with Crippen molar-refractivity contribution >= 4 is 23.2 Å². The highest BCUT2D eigenvalue weighted by molar-refractivity contribution is 6.30. The smallest absolute Gasteiger partial charge is 0.248 e. The monoisotopic (exact) mass is 402 g/mol. The summed E-state index contributed by atoms with van der Waals surface area (Å²) in [4.78, 5) is 19.8. The zero-order valence-electron chi connectivity index (χ0n) is 15.9. The molecular weight excluding hydrogens is 380 g/mol. The lowest BCUT2D eigenvalue weighted by Crippen LogP contribution is -2.39. The molecule has 0 aliphatic carbocycles. The molecule has 0 unspecified atom stereocenters. The van der Waals surface area contributed by atoms with Crippen molar-refractivity contribution in [3.05, 3.63) is 64.7 Å². The number of benzene rings is 2. The summed E-state index contributed by atoms with van der Waals surface area (Å²) >= 11 is 6.07. The van der Waals surface area contributed by atoms with Gasteiger partial charge in [0.05, 0.1) is 19.4 Å². The number of halogens is 1. The van der Waals surface area contributed by atoms with Gasteiger partial charge in [-0.15, -0.1) is 0 Å². The summed E-state index contributed by atoms with van der Waals surface area (Å²) in [6.07, 6.45) is 0.413. The van der Waals surface area contributed by atoms with Gasteiger partial charge in [0.1, 0.15) is 12.4 Å². The van der Waals surface area contributed by atoms with E-state index in [1.165, 1.54) is 7.11 Å². The number of carbonyl (C=O) groups excluding carboxylic acids is 1. The second-order valence-electron chi connectivity index (χ2n) is 6.54. The fourth-order valence-electron chi connectivity index (χ4n) is 3.05. The predicted molar refractivity (Wildman–Crippen MR) is 108 cm³/mol. The lowest BCUT2D eigenvalue weighted by atomic mass is 10.0. The standard InChI is InChI=1S/C21H23ClN2O4/c1-26-14-21(25)24(12-15-4-3-5-17(22)10-15)13-19-11-20(23-28-19)16-6-8-18(27-2)9-7-16/h3-10,19H,11-14H2,1-2H3/t19-/m0/s1. The molecule has 0 spiro atoms. The molecule has 3 rings (SSSR count). The molecule has 28 heavy (non-hydrogen) atoms. The van der Waals surface area contributed by atoms with Gasteiger partial charge in [-0.2, -0.15) is 0 Å². The Morgan fingerprint density at radius 1 is 1.25 bits per heavy atom. The Bertz CT molecular complexity index is 839. The average Bonchev–Trinajstić information content (AvgIpc) is 3.16. The molecule has 0 aromatic heterocycles. The number of nitrogens with zero attached hydrogens (tertiary/aromatic N) is 2. The van der Waals surface area contributed by atoms with Crippen molar-refractivity contribution in [2.24, 2.45) is 5.16 Å². The second kappa shape index (κ2) is 9.57. The Morgan fingerprint density at radius 3 is 2.71 bits per heavy atom. The number of amides is 1. The zero-order valence-corrected chi connectivity index (χ0v) is 16.7. The van der Waals surface area contributed by atoms with Crippen LogP contribution in [0.4, 0.5) is 0 Å². The summed E-state index contributed by atoms with van der Waals surface area (Å²) in [5.41, 5.74) is 2.79. The molecule has 1 heterocycles. The summed E-state index contributed by atoms with van der Waals surface area (Å²) in [6.45, 7) is 0.859. The Labute approximate surface area is 169 Å². The van der Waals surface area contributed by atoms with Crippen LogP contribution in [0.2, 0.25) is 5.02 Å². The third-order valence-corrected chi connectivity index (χ3v) is 4.70. The molecule has 2 aromatic carbocycles. The van der Waals surface area contributed by atoms with Gasteiger partial charge in [-0.3, -0.25) is 4.79 Å². The second-order valence-corrected chi connectivity index (χ2v) is 6.97. The molecule has 0 radical (unpaired) electrons. The van der Waals surface area contributed by atoms with E-state index in [1.807, 2.05) is 42.5 Å². The minimum absolute atomic E-state index is 0.0134. The molecule has 0 saturated heterocycles. The highest BCUT2D eigenvalue weighted by atomic mass is 35.5. The molecule has 1 aliphatic heterocycles. The van der Waals surface area contributed by atoms with E-state index in [0.29, 0.717) is 24.5 Å². The van der Waals surface area contributed by atoms with Crippen molar-refractivity contribution in [1.82, 2.24) is 4.90 Å². The molecule has 0 bridgehead atoms. The van der Waals surface area contributed by atoms with Crippen LogP contribution in [0.1, 0.15) is 17.5 Å². The summed E-state index contributed by atoms with van der Waals surface area (Å²) in [7, 11) is 3.14. The van der Waals surface area contributed by atoms with Gasteiger partial charge in [0.15, 0.2) is 6.10 Å². The predicted octanol–water partition coefficient (Wildman–Crippen LogP) is 3.52. The molecule has 1 amide bonds. The summed E-state index contributed by atoms with van der Waals surface area (Å²) in [5, 5.41) is 4.85. The molecule has 7 heteroatoms. The fourth-order valence-corrected chi connectivity index (χ4v) is 3.26. The number of hydrogen-bond donors (Lipinski definition) is 0. The van der Waals surface area contributed by atoms with Crippen LogP contribution in [-0.2, 0) is 20.9 Å². The maximum atomic E-state index is 12.5. The van der Waals surface area contributed by atoms with Crippen LogP contribution in [0, 0.1) is 0 Å². The number of oxime groups is 1. The normalized spacial score (nSPS) is 15.7. The number of ether oxygens (including phenoxy) is 2. The third kappa shape index (κ3) is 5.24. The average molecular weight is 403 g/mol. The van der Waals surface area contributed by atoms with Crippen LogP contribution in [0.3, 0.4) is 0 Å². The summed E-state index contributed by atoms with van der Waals surface area (Å²) in [6, 6.07) is 15.1. The number of hydrogen-bond acceptors (Lipinski definition) is 5. The number of rotatable bonds is 8. The Morgan fingerprint density at radius 2 is 2.04 bits per heavy atom. The Balaban J connectivity index is 1.65. The van der Waals surface area contributed by atoms with Crippen LogP contribution in [0.25, 0.3) is 0 Å². The van der Waals surface area contributed by atoms with E-state index in [9.17, 15) is 4.79 Å². The van der Waals surface area contributed by atoms with Gasteiger partial charge in [-0.25, -0.2) is 0 Å². The Kier molecular flexibility index (Phi) is 6.90. The zero-order chi connectivity index (χ0) is 19.9. The van der Waals surface area contributed by atoms with Crippen molar-refractivity contribution in [2.75, 3.05) is 27.4 Å². The molecule has 6 nitrogen and oxygen atoms in total. The minimum Gasteiger partial charge on any atom is -0.497 e. The first-order valence-electron chi connectivity index (χ1n) is 8.97. The van der Waals surface area contributed by atoms with Gasteiger partial charge in [-0.05, 0) is 47.5 Å². The van der Waals surface area contributed by atoms with Gasteiger partial charge in [0.2, 0.25) is 5.91 Å². The van der Waals surface area contributed by atoms with Crippen molar-refractivity contribution in [1.29, 1.82) is 0 Å². The van der Waals surface area contributed by atoms with E-state index in [1.54, 1.807) is 18.1 Å². The summed E-state index contributed by atoms with van der Waals surface area (Å²) < 4.78 is 10.2. The Hall–Kier alpha value is -2.57.